The topological polar surface area (TPSA) is 161 Å². The molecule has 0 saturated heterocycles. The van der Waals surface area contributed by atoms with Crippen molar-refractivity contribution in [3.8, 4) is 0 Å². The Hall–Kier alpha value is -4.48. The number of hydrogen-bond acceptors (Lipinski definition) is 8. The van der Waals surface area contributed by atoms with E-state index in [1.54, 1.807) is 52.0 Å². The molecule has 192 valence electrons. The van der Waals surface area contributed by atoms with Gasteiger partial charge in [0.15, 0.2) is 0 Å². The van der Waals surface area contributed by atoms with Crippen molar-refractivity contribution in [2.75, 3.05) is 13.2 Å². The van der Waals surface area contributed by atoms with Crippen LogP contribution in [0.25, 0.3) is 0 Å². The third kappa shape index (κ3) is 5.95. The second-order valence-electron chi connectivity index (χ2n) is 7.61. The number of hydrogen-bond donors (Lipinski definition) is 4. The predicted molar refractivity (Wildman–Crippen MR) is 125 cm³/mol. The number of ether oxygens (including phenoxy) is 2. The Morgan fingerprint density at radius 2 is 1.17 bits per heavy atom. The summed E-state index contributed by atoms with van der Waals surface area (Å²) in [6.45, 7) is 7.31. The van der Waals surface area contributed by atoms with E-state index in [1.165, 1.54) is 12.5 Å². The van der Waals surface area contributed by atoms with Gasteiger partial charge in [-0.2, -0.15) is 0 Å². The van der Waals surface area contributed by atoms with Crippen molar-refractivity contribution in [1.29, 1.82) is 0 Å². The molecule has 4 rings (SSSR count). The van der Waals surface area contributed by atoms with Crippen LogP contribution < -0.4 is 21.3 Å². The summed E-state index contributed by atoms with van der Waals surface area (Å²) >= 11 is 0. The first-order valence-electron chi connectivity index (χ1n) is 11.2. The van der Waals surface area contributed by atoms with Gasteiger partial charge in [-0.1, -0.05) is 0 Å². The van der Waals surface area contributed by atoms with Gasteiger partial charge in [0.1, 0.15) is 23.6 Å². The van der Waals surface area contributed by atoms with Crippen LogP contribution in [0.2, 0.25) is 0 Å². The average Bonchev–Trinajstić information content (AvgIpc) is 3.53. The maximum absolute atomic E-state index is 11.9. The number of rotatable bonds is 6. The van der Waals surface area contributed by atoms with Crippen molar-refractivity contribution in [2.45, 2.75) is 39.8 Å². The third-order valence-corrected chi connectivity index (χ3v) is 5.18. The van der Waals surface area contributed by atoms with Crippen molar-refractivity contribution < 1.29 is 37.5 Å². The van der Waals surface area contributed by atoms with Crippen LogP contribution >= 0.6 is 0 Å². The highest BCUT2D eigenvalue weighted by atomic mass is 16.5. The number of allylic oxidation sites excluding steroid dienone is 2. The largest absolute Gasteiger partial charge is 0.467 e. The SMILES string of the molecule is CCOC(=O)C1=C(C)NC(=O)N[C@@H]1c1ccco1.CCOC(=O)C1=C(C)NC(=O)N[C@H]1c1ccco1. The Balaban J connectivity index is 0.000000201. The van der Waals surface area contributed by atoms with Crippen LogP contribution in [0, 0.1) is 0 Å². The van der Waals surface area contributed by atoms with E-state index >= 15 is 0 Å². The molecule has 0 aliphatic carbocycles. The van der Waals surface area contributed by atoms with Crippen molar-refractivity contribution in [1.82, 2.24) is 21.3 Å². The van der Waals surface area contributed by atoms with Crippen LogP contribution in [0.1, 0.15) is 51.3 Å². The van der Waals surface area contributed by atoms with Crippen molar-refractivity contribution >= 4 is 24.0 Å². The summed E-state index contributed by atoms with van der Waals surface area (Å²) in [5.74, 6) is 0.0484. The summed E-state index contributed by atoms with van der Waals surface area (Å²) in [4.78, 5) is 46.7. The quantitative estimate of drug-likeness (QED) is 0.440. The fourth-order valence-electron chi connectivity index (χ4n) is 3.68. The molecule has 0 unspecified atom stereocenters. The molecule has 4 amide bonds. The lowest BCUT2D eigenvalue weighted by Gasteiger charge is -2.26. The summed E-state index contributed by atoms with van der Waals surface area (Å²) in [5, 5.41) is 10.4. The summed E-state index contributed by atoms with van der Waals surface area (Å²) < 4.78 is 20.5. The Labute approximate surface area is 207 Å². The molecule has 12 nitrogen and oxygen atoms in total. The van der Waals surface area contributed by atoms with Crippen LogP contribution in [0.3, 0.4) is 0 Å². The van der Waals surface area contributed by atoms with Gasteiger partial charge in [0.25, 0.3) is 0 Å². The van der Waals surface area contributed by atoms with Crippen molar-refractivity contribution in [2.24, 2.45) is 0 Å². The van der Waals surface area contributed by atoms with Crippen LogP contribution in [0.4, 0.5) is 9.59 Å². The summed E-state index contributed by atoms with van der Waals surface area (Å²) in [7, 11) is 0. The first-order chi connectivity index (χ1) is 17.3. The zero-order chi connectivity index (χ0) is 26.2. The molecule has 2 atom stereocenters. The number of furan rings is 2. The van der Waals surface area contributed by atoms with E-state index in [1.807, 2.05) is 0 Å². The predicted octanol–water partition coefficient (Wildman–Crippen LogP) is 2.94. The smallest absolute Gasteiger partial charge is 0.338 e. The highest BCUT2D eigenvalue weighted by Crippen LogP contribution is 2.28. The monoisotopic (exact) mass is 500 g/mol. The van der Waals surface area contributed by atoms with Gasteiger partial charge in [-0.3, -0.25) is 0 Å². The van der Waals surface area contributed by atoms with E-state index < -0.39 is 24.0 Å². The number of esters is 2. The van der Waals surface area contributed by atoms with E-state index in [9.17, 15) is 19.2 Å². The summed E-state index contributed by atoms with van der Waals surface area (Å²) in [5.41, 5.74) is 1.65. The number of carbonyl (C=O) groups is 4. The highest BCUT2D eigenvalue weighted by Gasteiger charge is 2.34. The maximum atomic E-state index is 11.9. The van der Waals surface area contributed by atoms with Gasteiger partial charge < -0.3 is 39.6 Å². The maximum Gasteiger partial charge on any atom is 0.338 e. The lowest BCUT2D eigenvalue weighted by Crippen LogP contribution is -2.45. The summed E-state index contributed by atoms with van der Waals surface area (Å²) in [6, 6.07) is 4.80. The average molecular weight is 501 g/mol. The zero-order valence-electron chi connectivity index (χ0n) is 20.3. The second kappa shape index (κ2) is 11.8. The molecular formula is C24H28N4O8. The number of amides is 4. The zero-order valence-corrected chi connectivity index (χ0v) is 20.3. The Morgan fingerprint density at radius 1 is 0.778 bits per heavy atom. The molecule has 0 radical (unpaired) electrons. The van der Waals surface area contributed by atoms with E-state index in [4.69, 9.17) is 18.3 Å². The first-order valence-corrected chi connectivity index (χ1v) is 11.2. The minimum Gasteiger partial charge on any atom is -0.467 e. The van der Waals surface area contributed by atoms with Crippen LogP contribution in [-0.2, 0) is 19.1 Å². The second-order valence-corrected chi connectivity index (χ2v) is 7.61. The number of urea groups is 2. The molecule has 2 aromatic heterocycles. The van der Waals surface area contributed by atoms with E-state index in [2.05, 4.69) is 21.3 Å². The molecule has 0 spiro atoms. The molecule has 36 heavy (non-hydrogen) atoms. The molecule has 0 aromatic carbocycles. The van der Waals surface area contributed by atoms with E-state index in [0.717, 1.165) is 0 Å². The van der Waals surface area contributed by atoms with Gasteiger partial charge in [-0.05, 0) is 52.0 Å². The molecule has 0 fully saturated rings. The molecule has 0 saturated carbocycles. The Bertz CT molecular complexity index is 1070. The van der Waals surface area contributed by atoms with Gasteiger partial charge in [-0.25, -0.2) is 19.2 Å². The molecule has 2 aliphatic heterocycles. The van der Waals surface area contributed by atoms with Gasteiger partial charge in [0.05, 0.1) is 36.9 Å². The third-order valence-electron chi connectivity index (χ3n) is 5.18. The van der Waals surface area contributed by atoms with Gasteiger partial charge in [0.2, 0.25) is 0 Å². The number of carbonyl (C=O) groups excluding carboxylic acids is 4. The van der Waals surface area contributed by atoms with Crippen molar-refractivity contribution in [3.05, 3.63) is 70.9 Å². The van der Waals surface area contributed by atoms with Gasteiger partial charge >= 0.3 is 24.0 Å². The minimum absolute atomic E-state index is 0.272. The summed E-state index contributed by atoms with van der Waals surface area (Å²) in [6.07, 6.45) is 2.98. The van der Waals surface area contributed by atoms with Crippen LogP contribution in [0.5, 0.6) is 0 Å². The van der Waals surface area contributed by atoms with Gasteiger partial charge in [-0.15, -0.1) is 0 Å². The molecule has 4 heterocycles. The number of nitrogens with one attached hydrogen (secondary N) is 4. The van der Waals surface area contributed by atoms with Crippen LogP contribution in [-0.4, -0.2) is 37.2 Å². The first kappa shape index (κ1) is 26.1. The lowest BCUT2D eigenvalue weighted by atomic mass is 10.0. The molecule has 2 aliphatic rings. The highest BCUT2D eigenvalue weighted by molar-refractivity contribution is 5.95. The molecule has 2 aromatic rings. The fraction of sp³-hybridized carbons (Fsp3) is 0.333. The van der Waals surface area contributed by atoms with Crippen molar-refractivity contribution in [3.63, 3.8) is 0 Å². The van der Waals surface area contributed by atoms with E-state index in [-0.39, 0.29) is 25.3 Å². The molecule has 12 heteroatoms. The molecular weight excluding hydrogens is 472 g/mol. The minimum atomic E-state index is -0.618. The molecule has 0 bridgehead atoms. The standard InChI is InChI=1S/2C12H14N2O4/c2*1-3-17-11(15)9-7(2)13-12(16)14-10(9)8-5-4-6-18-8/h2*4-6,10H,3H2,1-2H3,(H2,13,14,16)/t2*10-/m10/s1. The Morgan fingerprint density at radius 3 is 1.47 bits per heavy atom. The van der Waals surface area contributed by atoms with Crippen LogP contribution in [0.15, 0.2) is 68.2 Å². The molecule has 4 N–H and O–H groups in total. The lowest BCUT2D eigenvalue weighted by molar-refractivity contribution is -0.140. The normalized spacial score (nSPS) is 19.2. The fourth-order valence-corrected chi connectivity index (χ4v) is 3.68. The van der Waals surface area contributed by atoms with Gasteiger partial charge in [0, 0.05) is 11.4 Å². The Kier molecular flexibility index (Phi) is 8.55. The van der Waals surface area contributed by atoms with E-state index in [0.29, 0.717) is 34.1 Å².